The molecule has 2 rings (SSSR count). The molecule has 0 bridgehead atoms. The fraction of sp³-hybridized carbons (Fsp3) is 0. The minimum atomic E-state index is -0.461. The van der Waals surface area contributed by atoms with E-state index >= 15 is 0 Å². The normalized spacial score (nSPS) is 9.95. The van der Waals surface area contributed by atoms with E-state index in [9.17, 15) is 10.1 Å². The first-order chi connectivity index (χ1) is 9.06. The highest BCUT2D eigenvalue weighted by atomic mass is 79.9. The van der Waals surface area contributed by atoms with Gasteiger partial charge in [0, 0.05) is 22.2 Å². The summed E-state index contributed by atoms with van der Waals surface area (Å²) >= 11 is 8.49. The standard InChI is InChI=1S/C13H8BrNO3S/c14-10-3-1-9(2-4-10)13(19)18-12-7-5-11(6-8-12)15(16)17/h1-8H. The Morgan fingerprint density at radius 2 is 1.68 bits per heavy atom. The van der Waals surface area contributed by atoms with Gasteiger partial charge in [-0.3, -0.25) is 10.1 Å². The van der Waals surface area contributed by atoms with E-state index in [2.05, 4.69) is 15.9 Å². The SMILES string of the molecule is O=[N+]([O-])c1ccc(OC(=S)c2ccc(Br)cc2)cc1. The van der Waals surface area contributed by atoms with Crippen molar-refractivity contribution in [1.29, 1.82) is 0 Å². The first kappa shape index (κ1) is 13.6. The maximum Gasteiger partial charge on any atom is 0.269 e. The predicted octanol–water partition coefficient (Wildman–Crippen LogP) is 4.11. The van der Waals surface area contributed by atoms with Crippen LogP contribution in [0.5, 0.6) is 5.75 Å². The number of hydrogen-bond donors (Lipinski definition) is 0. The molecular formula is C13H8BrNO3S. The Kier molecular flexibility index (Phi) is 4.24. The lowest BCUT2D eigenvalue weighted by Crippen LogP contribution is -2.06. The van der Waals surface area contributed by atoms with Crippen molar-refractivity contribution in [2.75, 3.05) is 0 Å². The molecule has 0 radical (unpaired) electrons. The third-order valence-electron chi connectivity index (χ3n) is 2.34. The number of non-ortho nitro benzene ring substituents is 1. The summed E-state index contributed by atoms with van der Waals surface area (Å²) in [6.45, 7) is 0. The number of thiocarbonyl (C=S) groups is 1. The van der Waals surface area contributed by atoms with Crippen LogP contribution in [0.2, 0.25) is 0 Å². The van der Waals surface area contributed by atoms with Gasteiger partial charge < -0.3 is 4.74 Å². The molecule has 0 heterocycles. The summed E-state index contributed by atoms with van der Waals surface area (Å²) in [5.74, 6) is 0.471. The van der Waals surface area contributed by atoms with E-state index < -0.39 is 4.92 Å². The first-order valence-electron chi connectivity index (χ1n) is 5.28. The van der Waals surface area contributed by atoms with Gasteiger partial charge in [-0.05, 0) is 48.6 Å². The Morgan fingerprint density at radius 1 is 1.11 bits per heavy atom. The lowest BCUT2D eigenvalue weighted by atomic mass is 10.2. The quantitative estimate of drug-likeness (QED) is 0.480. The number of halogens is 1. The highest BCUT2D eigenvalue weighted by Crippen LogP contribution is 2.19. The Bertz CT molecular complexity index is 611. The van der Waals surface area contributed by atoms with Crippen molar-refractivity contribution in [1.82, 2.24) is 0 Å². The summed E-state index contributed by atoms with van der Waals surface area (Å²) in [6.07, 6.45) is 0. The number of hydrogen-bond acceptors (Lipinski definition) is 4. The topological polar surface area (TPSA) is 52.4 Å². The van der Waals surface area contributed by atoms with E-state index in [1.807, 2.05) is 24.3 Å². The number of benzene rings is 2. The number of ether oxygens (including phenoxy) is 1. The lowest BCUT2D eigenvalue weighted by molar-refractivity contribution is -0.384. The van der Waals surface area contributed by atoms with Gasteiger partial charge in [0.05, 0.1) is 4.92 Å². The molecule has 96 valence electrons. The molecule has 0 N–H and O–H groups in total. The molecule has 2 aromatic carbocycles. The zero-order chi connectivity index (χ0) is 13.8. The molecule has 0 unspecified atom stereocenters. The molecule has 0 aliphatic heterocycles. The average Bonchev–Trinajstić information content (AvgIpc) is 2.40. The van der Waals surface area contributed by atoms with Gasteiger partial charge in [-0.25, -0.2) is 0 Å². The number of rotatable bonds is 3. The number of nitrogens with zero attached hydrogens (tertiary/aromatic N) is 1. The van der Waals surface area contributed by atoms with Crippen molar-refractivity contribution in [2.24, 2.45) is 0 Å². The van der Waals surface area contributed by atoms with E-state index in [0.717, 1.165) is 10.0 Å². The molecule has 0 amide bonds. The minimum absolute atomic E-state index is 0.0157. The van der Waals surface area contributed by atoms with E-state index in [0.29, 0.717) is 10.8 Å². The van der Waals surface area contributed by atoms with Gasteiger partial charge in [-0.2, -0.15) is 0 Å². The summed E-state index contributed by atoms with van der Waals surface area (Å²) < 4.78 is 6.42. The van der Waals surface area contributed by atoms with Crippen LogP contribution < -0.4 is 4.74 Å². The summed E-state index contributed by atoms with van der Waals surface area (Å²) in [5.41, 5.74) is 0.790. The van der Waals surface area contributed by atoms with Gasteiger partial charge in [-0.15, -0.1) is 0 Å². The zero-order valence-electron chi connectivity index (χ0n) is 9.58. The summed E-state index contributed by atoms with van der Waals surface area (Å²) in [5, 5.41) is 10.8. The minimum Gasteiger partial charge on any atom is -0.445 e. The molecule has 0 aromatic heterocycles. The van der Waals surface area contributed by atoms with Crippen molar-refractivity contribution in [3.63, 3.8) is 0 Å². The molecule has 0 aliphatic rings. The molecule has 0 aliphatic carbocycles. The second-order valence-electron chi connectivity index (χ2n) is 3.65. The van der Waals surface area contributed by atoms with Crippen molar-refractivity contribution >= 4 is 38.9 Å². The van der Waals surface area contributed by atoms with Gasteiger partial charge in [0.2, 0.25) is 0 Å². The molecule has 0 atom stereocenters. The fourth-order valence-electron chi connectivity index (χ4n) is 1.39. The van der Waals surface area contributed by atoms with E-state index in [1.54, 1.807) is 0 Å². The summed E-state index contributed by atoms with van der Waals surface area (Å²) in [7, 11) is 0. The zero-order valence-corrected chi connectivity index (χ0v) is 12.0. The molecule has 2 aromatic rings. The molecule has 0 spiro atoms. The van der Waals surface area contributed by atoms with E-state index in [-0.39, 0.29) is 5.69 Å². The Balaban J connectivity index is 2.10. The van der Waals surface area contributed by atoms with E-state index in [4.69, 9.17) is 17.0 Å². The molecule has 6 heteroatoms. The third kappa shape index (κ3) is 3.59. The van der Waals surface area contributed by atoms with Crippen LogP contribution in [0.3, 0.4) is 0 Å². The smallest absolute Gasteiger partial charge is 0.269 e. The number of nitro benzene ring substituents is 1. The Labute approximate surface area is 123 Å². The molecule has 0 saturated carbocycles. The van der Waals surface area contributed by atoms with Gasteiger partial charge in [0.15, 0.2) is 5.05 Å². The van der Waals surface area contributed by atoms with Crippen molar-refractivity contribution in [3.8, 4) is 5.75 Å². The maximum absolute atomic E-state index is 10.5. The van der Waals surface area contributed by atoms with Gasteiger partial charge in [0.1, 0.15) is 5.75 Å². The van der Waals surface area contributed by atoms with Gasteiger partial charge >= 0.3 is 0 Å². The largest absolute Gasteiger partial charge is 0.445 e. The predicted molar refractivity (Wildman–Crippen MR) is 79.6 cm³/mol. The van der Waals surface area contributed by atoms with Crippen LogP contribution in [0.15, 0.2) is 53.0 Å². The third-order valence-corrected chi connectivity index (χ3v) is 3.19. The van der Waals surface area contributed by atoms with Crippen molar-refractivity contribution in [2.45, 2.75) is 0 Å². The summed E-state index contributed by atoms with van der Waals surface area (Å²) in [4.78, 5) is 10.1. The molecular weight excluding hydrogens is 330 g/mol. The van der Waals surface area contributed by atoms with Crippen molar-refractivity contribution < 1.29 is 9.66 Å². The summed E-state index contributed by atoms with van der Waals surface area (Å²) in [6, 6.07) is 13.2. The van der Waals surface area contributed by atoms with Crippen LogP contribution in [0.1, 0.15) is 5.56 Å². The van der Waals surface area contributed by atoms with Crippen molar-refractivity contribution in [3.05, 3.63) is 68.7 Å². The Morgan fingerprint density at radius 3 is 2.21 bits per heavy atom. The van der Waals surface area contributed by atoms with Gasteiger partial charge in [0.25, 0.3) is 5.69 Å². The Hall–Kier alpha value is -1.79. The molecule has 19 heavy (non-hydrogen) atoms. The van der Waals surface area contributed by atoms with Crippen LogP contribution in [0.25, 0.3) is 0 Å². The molecule has 0 fully saturated rings. The second-order valence-corrected chi connectivity index (χ2v) is 4.93. The fourth-order valence-corrected chi connectivity index (χ4v) is 1.88. The molecule has 0 saturated heterocycles. The first-order valence-corrected chi connectivity index (χ1v) is 6.48. The van der Waals surface area contributed by atoms with Crippen LogP contribution in [0, 0.1) is 10.1 Å². The highest BCUT2D eigenvalue weighted by Gasteiger charge is 2.07. The maximum atomic E-state index is 10.5. The van der Waals surface area contributed by atoms with Crippen LogP contribution in [0.4, 0.5) is 5.69 Å². The van der Waals surface area contributed by atoms with E-state index in [1.165, 1.54) is 24.3 Å². The van der Waals surface area contributed by atoms with Crippen LogP contribution in [-0.2, 0) is 0 Å². The lowest BCUT2D eigenvalue weighted by Gasteiger charge is -2.06. The second kappa shape index (κ2) is 5.90. The van der Waals surface area contributed by atoms with Crippen LogP contribution >= 0.6 is 28.1 Å². The highest BCUT2D eigenvalue weighted by molar-refractivity contribution is 9.10. The average molecular weight is 338 g/mol. The monoisotopic (exact) mass is 337 g/mol. The molecule has 4 nitrogen and oxygen atoms in total. The van der Waals surface area contributed by atoms with Gasteiger partial charge in [-0.1, -0.05) is 15.9 Å². The van der Waals surface area contributed by atoms with Crippen LogP contribution in [-0.4, -0.2) is 9.97 Å². The number of nitro groups is 1.